The van der Waals surface area contributed by atoms with E-state index >= 15 is 0 Å². The molecule has 0 aromatic heterocycles. The van der Waals surface area contributed by atoms with Gasteiger partial charge in [0.05, 0.1) is 5.41 Å². The minimum Gasteiger partial charge on any atom is -0.480 e. The molecule has 2 aliphatic rings. The third-order valence-corrected chi connectivity index (χ3v) is 5.20. The first-order valence-corrected chi connectivity index (χ1v) is 8.35. The van der Waals surface area contributed by atoms with E-state index in [2.05, 4.69) is 0 Å². The summed E-state index contributed by atoms with van der Waals surface area (Å²) in [5, 5.41) is 9.47. The summed E-state index contributed by atoms with van der Waals surface area (Å²) >= 11 is 0. The number of hydrogen-bond acceptors (Lipinski definition) is 3. The second-order valence-corrected chi connectivity index (χ2v) is 6.60. The van der Waals surface area contributed by atoms with Gasteiger partial charge in [0.25, 0.3) is 0 Å². The highest BCUT2D eigenvalue weighted by atomic mass is 16.4. The highest BCUT2D eigenvalue weighted by Crippen LogP contribution is 2.37. The van der Waals surface area contributed by atoms with Gasteiger partial charge in [-0.25, -0.2) is 4.79 Å². The first kappa shape index (κ1) is 16.3. The first-order chi connectivity index (χ1) is 10.1. The fourth-order valence-electron chi connectivity index (χ4n) is 3.82. The van der Waals surface area contributed by atoms with E-state index in [1.165, 1.54) is 0 Å². The topological polar surface area (TPSA) is 83.6 Å². The van der Waals surface area contributed by atoms with Crippen LogP contribution in [-0.2, 0) is 9.59 Å². The maximum Gasteiger partial charge on any atom is 0.326 e. The molecule has 0 aromatic carbocycles. The molecule has 1 saturated heterocycles. The van der Waals surface area contributed by atoms with Crippen LogP contribution in [0.25, 0.3) is 0 Å². The summed E-state index contributed by atoms with van der Waals surface area (Å²) in [5.74, 6) is -0.868. The number of amides is 1. The number of carbonyl (C=O) groups is 2. The number of aliphatic carboxylic acids is 1. The average molecular weight is 296 g/mol. The Hall–Kier alpha value is -1.10. The lowest BCUT2D eigenvalue weighted by atomic mass is 9.78. The summed E-state index contributed by atoms with van der Waals surface area (Å²) < 4.78 is 0. The smallest absolute Gasteiger partial charge is 0.326 e. The molecule has 0 spiro atoms. The molecule has 21 heavy (non-hydrogen) atoms. The van der Waals surface area contributed by atoms with E-state index in [4.69, 9.17) is 5.73 Å². The first-order valence-electron chi connectivity index (χ1n) is 8.35. The third kappa shape index (κ3) is 3.57. The maximum absolute atomic E-state index is 13.1. The van der Waals surface area contributed by atoms with Crippen molar-refractivity contribution in [2.24, 2.45) is 11.1 Å². The molecule has 1 saturated carbocycles. The van der Waals surface area contributed by atoms with E-state index in [1.807, 2.05) is 0 Å². The zero-order chi connectivity index (χ0) is 15.3. The molecule has 2 fully saturated rings. The lowest BCUT2D eigenvalue weighted by Gasteiger charge is -2.38. The molecule has 1 amide bonds. The minimum atomic E-state index is -0.869. The van der Waals surface area contributed by atoms with E-state index in [-0.39, 0.29) is 5.91 Å². The van der Waals surface area contributed by atoms with Gasteiger partial charge in [-0.15, -0.1) is 0 Å². The standard InChI is InChI=1S/C16H28N2O3/c17-12-16(9-5-1-2-6-10-16)15(21)18-11-7-3-4-8-13(18)14(19)20/h13H,1-12,17H2,(H,19,20). The summed E-state index contributed by atoms with van der Waals surface area (Å²) in [7, 11) is 0. The molecule has 0 radical (unpaired) electrons. The van der Waals surface area contributed by atoms with Crippen molar-refractivity contribution in [3.63, 3.8) is 0 Å². The number of hydrogen-bond donors (Lipinski definition) is 2. The quantitative estimate of drug-likeness (QED) is 0.782. The monoisotopic (exact) mass is 296 g/mol. The Morgan fingerprint density at radius 3 is 2.24 bits per heavy atom. The van der Waals surface area contributed by atoms with Gasteiger partial charge in [-0.1, -0.05) is 38.5 Å². The molecule has 1 unspecified atom stereocenters. The molecule has 120 valence electrons. The third-order valence-electron chi connectivity index (χ3n) is 5.20. The van der Waals surface area contributed by atoms with Crippen LogP contribution in [0.1, 0.15) is 64.2 Å². The Bertz CT molecular complexity index is 376. The molecular formula is C16H28N2O3. The number of nitrogens with zero attached hydrogens (tertiary/aromatic N) is 1. The maximum atomic E-state index is 13.1. The Kier molecular flexibility index (Phi) is 5.62. The van der Waals surface area contributed by atoms with Gasteiger partial charge in [-0.3, -0.25) is 4.79 Å². The minimum absolute atomic E-state index is 0.00111. The Morgan fingerprint density at radius 1 is 1.05 bits per heavy atom. The van der Waals surface area contributed by atoms with Gasteiger partial charge < -0.3 is 15.7 Å². The Labute approximate surface area is 126 Å². The molecular weight excluding hydrogens is 268 g/mol. The molecule has 5 heteroatoms. The average Bonchev–Trinajstić information content (AvgIpc) is 2.87. The molecule has 1 atom stereocenters. The van der Waals surface area contributed by atoms with Gasteiger partial charge in [0.2, 0.25) is 5.91 Å². The lowest BCUT2D eigenvalue weighted by molar-refractivity contribution is -0.155. The second-order valence-electron chi connectivity index (χ2n) is 6.60. The van der Waals surface area contributed by atoms with Crippen LogP contribution in [0.2, 0.25) is 0 Å². The van der Waals surface area contributed by atoms with E-state index < -0.39 is 17.4 Å². The lowest BCUT2D eigenvalue weighted by Crippen LogP contribution is -2.53. The molecule has 3 N–H and O–H groups in total. The Balaban J connectivity index is 2.22. The van der Waals surface area contributed by atoms with Crippen molar-refractivity contribution >= 4 is 11.9 Å². The number of carboxylic acids is 1. The van der Waals surface area contributed by atoms with Crippen molar-refractivity contribution < 1.29 is 14.7 Å². The van der Waals surface area contributed by atoms with Gasteiger partial charge in [0.15, 0.2) is 0 Å². The zero-order valence-electron chi connectivity index (χ0n) is 12.9. The van der Waals surface area contributed by atoms with Gasteiger partial charge in [0.1, 0.15) is 6.04 Å². The molecule has 2 rings (SSSR count). The van der Waals surface area contributed by atoms with Crippen LogP contribution < -0.4 is 5.73 Å². The molecule has 1 heterocycles. The predicted octanol–water partition coefficient (Wildman–Crippen LogP) is 2.14. The Morgan fingerprint density at radius 2 is 1.67 bits per heavy atom. The van der Waals surface area contributed by atoms with Crippen molar-refractivity contribution in [2.45, 2.75) is 70.3 Å². The summed E-state index contributed by atoms with van der Waals surface area (Å²) in [4.78, 5) is 26.3. The van der Waals surface area contributed by atoms with Crippen LogP contribution >= 0.6 is 0 Å². The van der Waals surface area contributed by atoms with Crippen LogP contribution in [0.3, 0.4) is 0 Å². The van der Waals surface area contributed by atoms with Crippen LogP contribution in [0.4, 0.5) is 0 Å². The van der Waals surface area contributed by atoms with Crippen molar-refractivity contribution in [2.75, 3.05) is 13.1 Å². The van der Waals surface area contributed by atoms with E-state index in [1.54, 1.807) is 4.90 Å². The van der Waals surface area contributed by atoms with E-state index in [0.717, 1.165) is 57.8 Å². The van der Waals surface area contributed by atoms with Crippen molar-refractivity contribution in [3.8, 4) is 0 Å². The van der Waals surface area contributed by atoms with E-state index in [9.17, 15) is 14.7 Å². The highest BCUT2D eigenvalue weighted by molar-refractivity contribution is 5.88. The molecule has 1 aliphatic heterocycles. The van der Waals surface area contributed by atoms with Crippen LogP contribution in [0.5, 0.6) is 0 Å². The molecule has 1 aliphatic carbocycles. The number of rotatable bonds is 3. The fourth-order valence-corrected chi connectivity index (χ4v) is 3.82. The van der Waals surface area contributed by atoms with Gasteiger partial charge in [0, 0.05) is 13.1 Å². The van der Waals surface area contributed by atoms with Crippen LogP contribution in [0.15, 0.2) is 0 Å². The molecule has 0 bridgehead atoms. The van der Waals surface area contributed by atoms with Crippen molar-refractivity contribution in [1.29, 1.82) is 0 Å². The highest BCUT2D eigenvalue weighted by Gasteiger charge is 2.43. The SMILES string of the molecule is NCC1(C(=O)N2CCCCCC2C(=O)O)CCCCCC1. The van der Waals surface area contributed by atoms with Gasteiger partial charge in [-0.05, 0) is 25.7 Å². The molecule has 5 nitrogen and oxygen atoms in total. The zero-order valence-corrected chi connectivity index (χ0v) is 12.9. The summed E-state index contributed by atoms with van der Waals surface area (Å²) in [6.07, 6.45) is 9.33. The molecule has 0 aromatic rings. The second kappa shape index (κ2) is 7.25. The number of carbonyl (C=O) groups excluding carboxylic acids is 1. The van der Waals surface area contributed by atoms with Gasteiger partial charge >= 0.3 is 5.97 Å². The van der Waals surface area contributed by atoms with Gasteiger partial charge in [-0.2, -0.15) is 0 Å². The number of nitrogens with two attached hydrogens (primary N) is 1. The van der Waals surface area contributed by atoms with E-state index in [0.29, 0.717) is 19.5 Å². The summed E-state index contributed by atoms with van der Waals surface area (Å²) in [6, 6.07) is -0.660. The summed E-state index contributed by atoms with van der Waals surface area (Å²) in [5.41, 5.74) is 5.46. The fraction of sp³-hybridized carbons (Fsp3) is 0.875. The summed E-state index contributed by atoms with van der Waals surface area (Å²) in [6.45, 7) is 0.909. The van der Waals surface area contributed by atoms with Crippen molar-refractivity contribution in [1.82, 2.24) is 4.90 Å². The predicted molar refractivity (Wildman–Crippen MR) is 80.8 cm³/mol. The largest absolute Gasteiger partial charge is 0.480 e. The number of likely N-dealkylation sites (tertiary alicyclic amines) is 1. The van der Waals surface area contributed by atoms with Crippen LogP contribution in [0, 0.1) is 5.41 Å². The van der Waals surface area contributed by atoms with Crippen LogP contribution in [-0.4, -0.2) is 41.0 Å². The number of carboxylic acid groups (broad SMARTS) is 1. The van der Waals surface area contributed by atoms with Crippen molar-refractivity contribution in [3.05, 3.63) is 0 Å². The normalized spacial score (nSPS) is 26.7.